The second-order valence-electron chi connectivity index (χ2n) is 5.68. The van der Waals surface area contributed by atoms with E-state index < -0.39 is 12.7 Å². The van der Waals surface area contributed by atoms with Crippen molar-refractivity contribution in [2.75, 3.05) is 6.54 Å². The molecule has 0 radical (unpaired) electrons. The summed E-state index contributed by atoms with van der Waals surface area (Å²) >= 11 is 0. The lowest BCUT2D eigenvalue weighted by Gasteiger charge is -2.53. The molecule has 1 heterocycles. The minimum absolute atomic E-state index is 0.350. The predicted molar refractivity (Wildman–Crippen MR) is 54.8 cm³/mol. The lowest BCUT2D eigenvalue weighted by Crippen LogP contribution is -2.60. The highest BCUT2D eigenvalue weighted by molar-refractivity contribution is 4.97. The molecule has 0 aromatic carbocycles. The Morgan fingerprint density at radius 3 is 1.73 bits per heavy atom. The van der Waals surface area contributed by atoms with Crippen LogP contribution >= 0.6 is 0 Å². The van der Waals surface area contributed by atoms with E-state index in [0.29, 0.717) is 0 Å². The van der Waals surface area contributed by atoms with E-state index in [-0.39, 0.29) is 11.1 Å². The maximum absolute atomic E-state index is 12.5. The van der Waals surface area contributed by atoms with Crippen LogP contribution in [0.4, 0.5) is 13.2 Å². The highest BCUT2D eigenvalue weighted by Gasteiger charge is 2.46. The number of piperidine rings is 1. The summed E-state index contributed by atoms with van der Waals surface area (Å²) in [6, 6.07) is 0. The molecule has 1 aliphatic rings. The Kier molecular flexibility index (Phi) is 3.12. The third-order valence-electron chi connectivity index (χ3n) is 3.38. The molecule has 1 saturated heterocycles. The summed E-state index contributed by atoms with van der Waals surface area (Å²) in [6.07, 6.45) is -1.42. The Morgan fingerprint density at radius 1 is 1.00 bits per heavy atom. The van der Waals surface area contributed by atoms with Crippen molar-refractivity contribution in [1.82, 2.24) is 4.90 Å². The van der Waals surface area contributed by atoms with E-state index in [1.807, 2.05) is 27.7 Å². The number of hydrogen-bond donors (Lipinski definition) is 0. The first-order valence-corrected chi connectivity index (χ1v) is 5.39. The number of alkyl halides is 3. The Balaban J connectivity index is 2.87. The topological polar surface area (TPSA) is 3.24 Å². The van der Waals surface area contributed by atoms with Crippen molar-refractivity contribution in [2.45, 2.75) is 64.2 Å². The molecule has 1 fully saturated rings. The molecule has 0 unspecified atom stereocenters. The van der Waals surface area contributed by atoms with Gasteiger partial charge in [0.1, 0.15) is 0 Å². The van der Waals surface area contributed by atoms with Gasteiger partial charge in [-0.3, -0.25) is 4.90 Å². The Morgan fingerprint density at radius 2 is 1.40 bits per heavy atom. The molecule has 0 N–H and O–H groups in total. The summed E-state index contributed by atoms with van der Waals surface area (Å²) in [5, 5.41) is 0. The first-order valence-electron chi connectivity index (χ1n) is 5.39. The van der Waals surface area contributed by atoms with E-state index in [1.54, 1.807) is 4.90 Å². The fraction of sp³-hybridized carbons (Fsp3) is 1.00. The monoisotopic (exact) mass is 223 g/mol. The second-order valence-corrected chi connectivity index (χ2v) is 5.68. The van der Waals surface area contributed by atoms with Crippen LogP contribution in [0.2, 0.25) is 0 Å². The van der Waals surface area contributed by atoms with Crippen molar-refractivity contribution in [2.24, 2.45) is 0 Å². The number of halogens is 3. The van der Waals surface area contributed by atoms with Crippen molar-refractivity contribution < 1.29 is 13.2 Å². The number of likely N-dealkylation sites (tertiary alicyclic amines) is 1. The van der Waals surface area contributed by atoms with Gasteiger partial charge in [-0.05, 0) is 47.0 Å². The summed E-state index contributed by atoms with van der Waals surface area (Å²) in [6.45, 7) is 6.81. The van der Waals surface area contributed by atoms with Crippen LogP contribution in [0, 0.1) is 0 Å². The Bertz CT molecular complexity index is 214. The minimum Gasteiger partial charge on any atom is -0.285 e. The van der Waals surface area contributed by atoms with Crippen LogP contribution in [0.15, 0.2) is 0 Å². The van der Waals surface area contributed by atoms with E-state index in [4.69, 9.17) is 0 Å². The fourth-order valence-electron chi connectivity index (χ4n) is 2.65. The minimum atomic E-state index is -4.11. The molecular formula is C11H20F3N. The molecule has 1 nitrogen and oxygen atoms in total. The predicted octanol–water partition coefficient (Wildman–Crippen LogP) is 3.59. The molecule has 0 atom stereocenters. The zero-order chi connectivity index (χ0) is 11.9. The first kappa shape index (κ1) is 12.8. The molecule has 1 aliphatic heterocycles. The van der Waals surface area contributed by atoms with E-state index in [0.717, 1.165) is 19.3 Å². The van der Waals surface area contributed by atoms with Crippen LogP contribution in [0.3, 0.4) is 0 Å². The third kappa shape index (κ3) is 3.10. The lowest BCUT2D eigenvalue weighted by molar-refractivity contribution is -0.181. The SMILES string of the molecule is CC1(C)CCCC(C)(C)N1CC(F)(F)F. The van der Waals surface area contributed by atoms with E-state index in [9.17, 15) is 13.2 Å². The molecule has 1 rings (SSSR count). The van der Waals surface area contributed by atoms with Gasteiger partial charge in [0.2, 0.25) is 0 Å². The van der Waals surface area contributed by atoms with Crippen LogP contribution in [0.25, 0.3) is 0 Å². The number of hydrogen-bond acceptors (Lipinski definition) is 1. The number of rotatable bonds is 1. The summed E-state index contributed by atoms with van der Waals surface area (Å²) < 4.78 is 37.5. The summed E-state index contributed by atoms with van der Waals surface area (Å²) in [5.41, 5.74) is -0.700. The smallest absolute Gasteiger partial charge is 0.285 e. The van der Waals surface area contributed by atoms with Crippen molar-refractivity contribution in [1.29, 1.82) is 0 Å². The normalized spacial score (nSPS) is 26.6. The second kappa shape index (κ2) is 3.65. The van der Waals surface area contributed by atoms with Gasteiger partial charge in [0.25, 0.3) is 0 Å². The average Bonchev–Trinajstić information content (AvgIpc) is 1.95. The van der Waals surface area contributed by atoms with Crippen LogP contribution < -0.4 is 0 Å². The van der Waals surface area contributed by atoms with Gasteiger partial charge in [0.05, 0.1) is 6.54 Å². The summed E-state index contributed by atoms with van der Waals surface area (Å²) in [7, 11) is 0. The van der Waals surface area contributed by atoms with Crippen molar-refractivity contribution in [3.8, 4) is 0 Å². The molecule has 0 aliphatic carbocycles. The van der Waals surface area contributed by atoms with E-state index >= 15 is 0 Å². The summed E-state index contributed by atoms with van der Waals surface area (Å²) in [4.78, 5) is 1.60. The Hall–Kier alpha value is -0.250. The standard InChI is InChI=1S/C11H20F3N/c1-9(2)6-5-7-10(3,4)15(9)8-11(12,13)14/h5-8H2,1-4H3. The van der Waals surface area contributed by atoms with Crippen LogP contribution in [0.1, 0.15) is 47.0 Å². The van der Waals surface area contributed by atoms with Gasteiger partial charge in [-0.25, -0.2) is 0 Å². The molecule has 0 saturated carbocycles. The molecular weight excluding hydrogens is 203 g/mol. The maximum atomic E-state index is 12.5. The van der Waals surface area contributed by atoms with Crippen LogP contribution in [-0.4, -0.2) is 28.7 Å². The maximum Gasteiger partial charge on any atom is 0.401 e. The van der Waals surface area contributed by atoms with Gasteiger partial charge in [-0.15, -0.1) is 0 Å². The zero-order valence-electron chi connectivity index (χ0n) is 9.91. The first-order chi connectivity index (χ1) is 6.55. The number of nitrogens with zero attached hydrogens (tertiary/aromatic N) is 1. The molecule has 0 bridgehead atoms. The van der Waals surface area contributed by atoms with Gasteiger partial charge < -0.3 is 0 Å². The highest BCUT2D eigenvalue weighted by Crippen LogP contribution is 2.39. The fourth-order valence-corrected chi connectivity index (χ4v) is 2.65. The zero-order valence-corrected chi connectivity index (χ0v) is 9.91. The molecule has 4 heteroatoms. The van der Waals surface area contributed by atoms with Crippen molar-refractivity contribution >= 4 is 0 Å². The highest BCUT2D eigenvalue weighted by atomic mass is 19.4. The largest absolute Gasteiger partial charge is 0.401 e. The van der Waals surface area contributed by atoms with Gasteiger partial charge >= 0.3 is 6.18 Å². The van der Waals surface area contributed by atoms with E-state index in [1.165, 1.54) is 0 Å². The molecule has 0 aromatic heterocycles. The lowest BCUT2D eigenvalue weighted by atomic mass is 9.80. The average molecular weight is 223 g/mol. The molecule has 15 heavy (non-hydrogen) atoms. The molecule has 0 aromatic rings. The van der Waals surface area contributed by atoms with E-state index in [2.05, 4.69) is 0 Å². The van der Waals surface area contributed by atoms with Crippen LogP contribution in [0.5, 0.6) is 0 Å². The van der Waals surface area contributed by atoms with Gasteiger partial charge in [-0.2, -0.15) is 13.2 Å². The quantitative estimate of drug-likeness (QED) is 0.656. The van der Waals surface area contributed by atoms with Crippen LogP contribution in [-0.2, 0) is 0 Å². The van der Waals surface area contributed by atoms with Gasteiger partial charge in [-0.1, -0.05) is 0 Å². The molecule has 90 valence electrons. The third-order valence-corrected chi connectivity index (χ3v) is 3.38. The van der Waals surface area contributed by atoms with Gasteiger partial charge in [0, 0.05) is 11.1 Å². The summed E-state index contributed by atoms with van der Waals surface area (Å²) in [5.74, 6) is 0. The molecule has 0 spiro atoms. The molecule has 0 amide bonds. The Labute approximate surface area is 89.6 Å². The van der Waals surface area contributed by atoms with Gasteiger partial charge in [0.15, 0.2) is 0 Å². The van der Waals surface area contributed by atoms with Crippen molar-refractivity contribution in [3.63, 3.8) is 0 Å². The van der Waals surface area contributed by atoms with Crippen molar-refractivity contribution in [3.05, 3.63) is 0 Å².